The van der Waals surface area contributed by atoms with E-state index in [0.717, 1.165) is 43.4 Å². The number of hydrogen-bond acceptors (Lipinski definition) is 7. The van der Waals surface area contributed by atoms with Crippen LogP contribution in [0.25, 0.3) is 0 Å². The van der Waals surface area contributed by atoms with E-state index in [-0.39, 0.29) is 27.8 Å². The van der Waals surface area contributed by atoms with Gasteiger partial charge in [0.2, 0.25) is 0 Å². The van der Waals surface area contributed by atoms with Crippen LogP contribution in [0.4, 0.5) is 0 Å². The van der Waals surface area contributed by atoms with Crippen LogP contribution in [0.15, 0.2) is 28.7 Å². The number of carbonyl (C=O) groups is 2. The van der Waals surface area contributed by atoms with Crippen molar-refractivity contribution in [3.63, 3.8) is 0 Å². The van der Waals surface area contributed by atoms with E-state index in [1.165, 1.54) is 29.9 Å². The second kappa shape index (κ2) is 9.78. The Labute approximate surface area is 197 Å². The number of fused-ring (bicyclic) bond motifs is 1. The molecule has 0 aromatic carbocycles. The van der Waals surface area contributed by atoms with Crippen molar-refractivity contribution < 1.29 is 27.5 Å². The molecule has 0 aliphatic carbocycles. The van der Waals surface area contributed by atoms with E-state index in [0.29, 0.717) is 41.2 Å². The number of thiophene rings is 1. The Hall–Kier alpha value is -2.50. The monoisotopic (exact) mass is 493 g/mol. The fourth-order valence-corrected chi connectivity index (χ4v) is 7.94. The molecule has 9 nitrogen and oxygen atoms in total. The highest BCUT2D eigenvalue weighted by Crippen LogP contribution is 2.38. The Morgan fingerprint density at radius 3 is 2.48 bits per heavy atom. The van der Waals surface area contributed by atoms with Gasteiger partial charge in [-0.3, -0.25) is 4.79 Å². The number of nitrogens with zero attached hydrogens (tertiary/aromatic N) is 3. The van der Waals surface area contributed by atoms with Gasteiger partial charge in [-0.05, 0) is 30.9 Å². The smallest absolute Gasteiger partial charge is 0.340 e. The number of amides is 1. The minimum Gasteiger partial charge on any atom is -0.619 e. The zero-order valence-corrected chi connectivity index (χ0v) is 20.1. The number of aromatic nitrogens is 1. The highest BCUT2D eigenvalue weighted by atomic mass is 32.2. The average molecular weight is 494 g/mol. The Bertz CT molecular complexity index is 1150. The van der Waals surface area contributed by atoms with Crippen LogP contribution in [0.3, 0.4) is 0 Å². The van der Waals surface area contributed by atoms with Gasteiger partial charge in [-0.2, -0.15) is 9.04 Å². The molecule has 0 unspecified atom stereocenters. The van der Waals surface area contributed by atoms with Crippen LogP contribution in [-0.4, -0.2) is 56.2 Å². The van der Waals surface area contributed by atoms with Gasteiger partial charge < -0.3 is 14.8 Å². The zero-order chi connectivity index (χ0) is 23.6. The minimum atomic E-state index is -3.87. The Balaban J connectivity index is 1.68. The fourth-order valence-electron chi connectivity index (χ4n) is 4.38. The fraction of sp³-hybridized carbons (Fsp3) is 0.500. The first-order valence-electron chi connectivity index (χ1n) is 11.0. The second-order valence-electron chi connectivity index (χ2n) is 8.26. The van der Waals surface area contributed by atoms with E-state index in [2.05, 4.69) is 0 Å². The van der Waals surface area contributed by atoms with Gasteiger partial charge in [0.05, 0.1) is 19.2 Å². The first-order valence-corrected chi connectivity index (χ1v) is 13.3. The molecule has 0 spiro atoms. The molecule has 11 heteroatoms. The van der Waals surface area contributed by atoms with Crippen LogP contribution in [0, 0.1) is 5.21 Å². The molecule has 4 rings (SSSR count). The number of rotatable bonds is 4. The lowest BCUT2D eigenvalue weighted by molar-refractivity contribution is -0.605. The third kappa shape index (κ3) is 4.75. The first-order chi connectivity index (χ1) is 15.8. The van der Waals surface area contributed by atoms with Crippen molar-refractivity contribution in [1.29, 1.82) is 0 Å². The van der Waals surface area contributed by atoms with Gasteiger partial charge in [0.15, 0.2) is 12.4 Å². The van der Waals surface area contributed by atoms with Crippen LogP contribution >= 0.6 is 11.3 Å². The maximum absolute atomic E-state index is 13.6. The molecule has 0 saturated carbocycles. The number of esters is 1. The van der Waals surface area contributed by atoms with E-state index in [1.807, 2.05) is 0 Å². The van der Waals surface area contributed by atoms with Crippen molar-refractivity contribution >= 4 is 33.2 Å². The average Bonchev–Trinajstić information content (AvgIpc) is 3.17. The van der Waals surface area contributed by atoms with Gasteiger partial charge in [0, 0.05) is 30.6 Å². The molecule has 1 fully saturated rings. The van der Waals surface area contributed by atoms with Crippen LogP contribution in [-0.2, 0) is 27.7 Å². The van der Waals surface area contributed by atoms with Gasteiger partial charge in [-0.15, -0.1) is 11.3 Å². The summed E-state index contributed by atoms with van der Waals surface area (Å²) < 4.78 is 34.2. The summed E-state index contributed by atoms with van der Waals surface area (Å²) in [5, 5.41) is 11.6. The SMILES string of the molecule is COC(=O)c1c(S(=O)(=O)N2CCCCCCC2)sc2c1CCN(C(=O)c1ccc[n+]([O-])c1)C2. The molecular weight excluding hydrogens is 466 g/mol. The van der Waals surface area contributed by atoms with Crippen molar-refractivity contribution in [1.82, 2.24) is 9.21 Å². The van der Waals surface area contributed by atoms with Gasteiger partial charge in [0.25, 0.3) is 15.9 Å². The lowest BCUT2D eigenvalue weighted by atomic mass is 10.0. The maximum Gasteiger partial charge on any atom is 0.340 e. The van der Waals surface area contributed by atoms with Crippen molar-refractivity contribution in [3.8, 4) is 0 Å². The molecule has 4 heterocycles. The lowest BCUT2D eigenvalue weighted by Gasteiger charge is -2.27. The van der Waals surface area contributed by atoms with E-state index in [9.17, 15) is 23.2 Å². The van der Waals surface area contributed by atoms with Gasteiger partial charge in [0.1, 0.15) is 9.77 Å². The molecule has 2 aliphatic heterocycles. The molecule has 2 aromatic heterocycles. The molecule has 33 heavy (non-hydrogen) atoms. The van der Waals surface area contributed by atoms with E-state index in [1.54, 1.807) is 11.0 Å². The number of sulfonamides is 1. The molecule has 2 aliphatic rings. The molecule has 178 valence electrons. The van der Waals surface area contributed by atoms with Gasteiger partial charge in [-0.25, -0.2) is 13.2 Å². The number of pyridine rings is 1. The molecule has 1 saturated heterocycles. The molecule has 0 radical (unpaired) electrons. The predicted octanol–water partition coefficient (Wildman–Crippen LogP) is 2.32. The van der Waals surface area contributed by atoms with E-state index < -0.39 is 16.0 Å². The van der Waals surface area contributed by atoms with Crippen LogP contribution in [0.5, 0.6) is 0 Å². The molecule has 0 atom stereocenters. The summed E-state index contributed by atoms with van der Waals surface area (Å²) in [6, 6.07) is 3.07. The van der Waals surface area contributed by atoms with Crippen molar-refractivity contribution in [3.05, 3.63) is 51.3 Å². The van der Waals surface area contributed by atoms with E-state index >= 15 is 0 Å². The highest BCUT2D eigenvalue weighted by molar-refractivity contribution is 7.91. The van der Waals surface area contributed by atoms with Crippen molar-refractivity contribution in [2.45, 2.75) is 49.3 Å². The molecular formula is C22H27N3O6S2. The molecule has 0 N–H and O–H groups in total. The second-order valence-corrected chi connectivity index (χ2v) is 11.5. The normalized spacial score (nSPS) is 17.7. The first kappa shape index (κ1) is 23.7. The van der Waals surface area contributed by atoms with Crippen LogP contribution < -0.4 is 4.73 Å². The Morgan fingerprint density at radius 1 is 1.12 bits per heavy atom. The summed E-state index contributed by atoms with van der Waals surface area (Å²) in [6.07, 6.45) is 7.49. The molecule has 0 bridgehead atoms. The number of carbonyl (C=O) groups excluding carboxylic acids is 2. The summed E-state index contributed by atoms with van der Waals surface area (Å²) in [6.45, 7) is 1.34. The van der Waals surface area contributed by atoms with Crippen molar-refractivity contribution in [2.75, 3.05) is 26.7 Å². The highest BCUT2D eigenvalue weighted by Gasteiger charge is 2.37. The minimum absolute atomic E-state index is 0.00586. The Morgan fingerprint density at radius 2 is 1.82 bits per heavy atom. The summed E-state index contributed by atoms with van der Waals surface area (Å²) in [7, 11) is -2.63. The number of methoxy groups -OCH3 is 1. The zero-order valence-electron chi connectivity index (χ0n) is 18.5. The number of hydrogen-bond donors (Lipinski definition) is 0. The number of ether oxygens (including phenoxy) is 1. The summed E-state index contributed by atoms with van der Waals surface area (Å²) in [5.74, 6) is -0.986. The van der Waals surface area contributed by atoms with Crippen LogP contribution in [0.2, 0.25) is 0 Å². The topological polar surface area (TPSA) is 111 Å². The predicted molar refractivity (Wildman–Crippen MR) is 121 cm³/mol. The van der Waals surface area contributed by atoms with Gasteiger partial charge >= 0.3 is 5.97 Å². The summed E-state index contributed by atoms with van der Waals surface area (Å²) in [4.78, 5) is 27.8. The van der Waals surface area contributed by atoms with E-state index in [4.69, 9.17) is 4.74 Å². The Kier molecular flexibility index (Phi) is 7.01. The summed E-state index contributed by atoms with van der Waals surface area (Å²) in [5.41, 5.74) is 0.992. The standard InChI is InChI=1S/C22H27N3O6S2/c1-31-21(27)19-17-9-13-23(20(26)16-8-7-10-24(28)14-16)15-18(17)32-22(19)33(29,30)25-11-5-3-2-4-6-12-25/h7-8,10,14H,2-6,9,11-13,15H2,1H3. The maximum atomic E-state index is 13.6. The summed E-state index contributed by atoms with van der Waals surface area (Å²) >= 11 is 1.05. The largest absolute Gasteiger partial charge is 0.619 e. The molecule has 1 amide bonds. The van der Waals surface area contributed by atoms with Crippen LogP contribution in [0.1, 0.15) is 63.3 Å². The third-order valence-corrected chi connectivity index (χ3v) is 9.72. The third-order valence-electron chi connectivity index (χ3n) is 6.11. The van der Waals surface area contributed by atoms with Crippen molar-refractivity contribution in [2.24, 2.45) is 0 Å². The quantitative estimate of drug-likeness (QED) is 0.367. The van der Waals surface area contributed by atoms with Gasteiger partial charge in [-0.1, -0.05) is 19.3 Å². The lowest BCUT2D eigenvalue weighted by Crippen LogP contribution is -2.37. The molecule has 2 aromatic rings.